The molecule has 0 aliphatic heterocycles. The first-order valence-corrected chi connectivity index (χ1v) is 12.5. The molecular weight excluding hydrogens is 458 g/mol. The first kappa shape index (κ1) is 27.1. The Morgan fingerprint density at radius 3 is 2.21 bits per heavy atom. The number of hydrogen-bond donors (Lipinski definition) is 4. The third-order valence-electron chi connectivity index (χ3n) is 4.76. The van der Waals surface area contributed by atoms with Gasteiger partial charge < -0.3 is 15.4 Å². The van der Waals surface area contributed by atoms with Crippen molar-refractivity contribution in [1.29, 1.82) is 0 Å². The van der Waals surface area contributed by atoms with Crippen molar-refractivity contribution in [3.8, 4) is 0 Å². The maximum atomic E-state index is 12.9. The molecule has 0 radical (unpaired) electrons. The monoisotopic (exact) mass is 491 g/mol. The van der Waals surface area contributed by atoms with Gasteiger partial charge in [-0.2, -0.15) is 8.42 Å². The molecule has 34 heavy (non-hydrogen) atoms. The minimum atomic E-state index is -4.41. The van der Waals surface area contributed by atoms with Crippen LogP contribution in [0.4, 0.5) is 10.5 Å². The summed E-state index contributed by atoms with van der Waals surface area (Å²) in [5, 5.41) is 5.53. The van der Waals surface area contributed by atoms with Crippen LogP contribution >= 0.6 is 0 Å². The van der Waals surface area contributed by atoms with Crippen LogP contribution in [0.2, 0.25) is 0 Å². The van der Waals surface area contributed by atoms with Crippen molar-refractivity contribution in [2.45, 2.75) is 51.6 Å². The number of carbonyl (C=O) groups excluding carboxylic acids is 2. The Balaban J connectivity index is 1.99. The highest BCUT2D eigenvalue weighted by Crippen LogP contribution is 2.19. The second kappa shape index (κ2) is 12.4. The fraction of sp³-hybridized carbons (Fsp3) is 0.417. The van der Waals surface area contributed by atoms with Gasteiger partial charge in [-0.3, -0.25) is 14.1 Å². The molecule has 0 saturated carbocycles. The van der Waals surface area contributed by atoms with Crippen LogP contribution in [-0.4, -0.2) is 43.7 Å². The fourth-order valence-electron chi connectivity index (χ4n) is 3.23. The number of unbranched alkanes of at least 4 members (excludes halogenated alkanes) is 1. The smallest absolute Gasteiger partial charge is 0.407 e. The van der Waals surface area contributed by atoms with Crippen LogP contribution in [-0.2, 0) is 26.3 Å². The molecule has 186 valence electrons. The van der Waals surface area contributed by atoms with Gasteiger partial charge >= 0.3 is 16.4 Å². The van der Waals surface area contributed by atoms with Crippen LogP contribution in [0.1, 0.15) is 50.7 Å². The summed E-state index contributed by atoms with van der Waals surface area (Å²) in [5.41, 5.74) is 1.28. The maximum absolute atomic E-state index is 12.9. The number of alkyl carbamates (subject to hydrolysis) is 1. The summed E-state index contributed by atoms with van der Waals surface area (Å²) in [6.07, 6.45) is 1.99. The number of carbonyl (C=O) groups is 2. The van der Waals surface area contributed by atoms with Gasteiger partial charge in [0.05, 0.1) is 11.6 Å². The molecule has 4 N–H and O–H groups in total. The normalized spacial score (nSPS) is 12.5. The van der Waals surface area contributed by atoms with E-state index in [1.807, 2.05) is 22.9 Å². The van der Waals surface area contributed by atoms with Gasteiger partial charge in [-0.05, 0) is 63.3 Å². The average Bonchev–Trinajstić information content (AvgIpc) is 2.73. The fourth-order valence-corrected chi connectivity index (χ4v) is 3.66. The van der Waals surface area contributed by atoms with Crippen molar-refractivity contribution >= 4 is 28.0 Å². The Labute approximate surface area is 201 Å². The van der Waals surface area contributed by atoms with E-state index in [2.05, 4.69) is 22.8 Å². The average molecular weight is 492 g/mol. The summed E-state index contributed by atoms with van der Waals surface area (Å²) in [5.74, 6) is -0.993. The van der Waals surface area contributed by atoms with E-state index < -0.39 is 27.9 Å². The number of amides is 2. The molecule has 0 spiro atoms. The lowest BCUT2D eigenvalue weighted by Crippen LogP contribution is -2.40. The molecule has 2 rings (SSSR count). The molecule has 2 aromatic rings. The van der Waals surface area contributed by atoms with E-state index in [0.717, 1.165) is 19.3 Å². The second-order valence-corrected chi connectivity index (χ2v) is 10.0. The van der Waals surface area contributed by atoms with E-state index in [1.54, 1.807) is 32.9 Å². The standard InChI is InChI=1S/C24H33N3O6S/c1-24(2,3)33-23(29)26-17-21(19-12-14-20(15-13-19)27-34(30,31)32)22(28)25-16-8-7-11-18-9-5-4-6-10-18/h4-6,9-10,12-15,21,27H,7-8,11,16-17H2,1-3H3,(H,25,28)(H,26,29)(H,30,31,32)/t21-/m0/s1. The van der Waals surface area contributed by atoms with Crippen LogP contribution in [0.5, 0.6) is 0 Å². The van der Waals surface area contributed by atoms with Crippen molar-refractivity contribution in [2.75, 3.05) is 17.8 Å². The Kier molecular flexibility index (Phi) is 9.88. The van der Waals surface area contributed by atoms with Crippen LogP contribution in [0.15, 0.2) is 54.6 Å². The van der Waals surface area contributed by atoms with Gasteiger partial charge in [0.15, 0.2) is 0 Å². The number of ether oxygens (including phenoxy) is 1. The quantitative estimate of drug-likeness (QED) is 0.280. The third kappa shape index (κ3) is 10.7. The number of benzene rings is 2. The van der Waals surface area contributed by atoms with Crippen molar-refractivity contribution < 1.29 is 27.3 Å². The molecule has 0 aliphatic carbocycles. The summed E-state index contributed by atoms with van der Waals surface area (Å²) >= 11 is 0. The molecule has 0 aromatic heterocycles. The summed E-state index contributed by atoms with van der Waals surface area (Å²) in [7, 11) is -4.41. The molecule has 2 amide bonds. The van der Waals surface area contributed by atoms with E-state index in [0.29, 0.717) is 12.1 Å². The van der Waals surface area contributed by atoms with Crippen molar-refractivity contribution in [2.24, 2.45) is 0 Å². The highest BCUT2D eigenvalue weighted by molar-refractivity contribution is 7.87. The first-order chi connectivity index (χ1) is 15.9. The number of hydrogen-bond acceptors (Lipinski definition) is 5. The van der Waals surface area contributed by atoms with Gasteiger partial charge in [0.2, 0.25) is 5.91 Å². The summed E-state index contributed by atoms with van der Waals surface area (Å²) in [6, 6.07) is 16.1. The zero-order chi connectivity index (χ0) is 25.2. The summed E-state index contributed by atoms with van der Waals surface area (Å²) < 4.78 is 38.1. The first-order valence-electron chi connectivity index (χ1n) is 11.1. The lowest BCUT2D eigenvalue weighted by atomic mass is 9.97. The predicted molar refractivity (Wildman–Crippen MR) is 131 cm³/mol. The highest BCUT2D eigenvalue weighted by atomic mass is 32.2. The Hall–Kier alpha value is -3.11. The summed E-state index contributed by atoms with van der Waals surface area (Å²) in [4.78, 5) is 25.0. The molecule has 10 heteroatoms. The lowest BCUT2D eigenvalue weighted by molar-refractivity contribution is -0.122. The summed E-state index contributed by atoms with van der Waals surface area (Å²) in [6.45, 7) is 5.71. The van der Waals surface area contributed by atoms with E-state index in [-0.39, 0.29) is 18.1 Å². The van der Waals surface area contributed by atoms with Gasteiger partial charge in [-0.25, -0.2) is 4.79 Å². The molecule has 1 atom stereocenters. The topological polar surface area (TPSA) is 134 Å². The molecule has 0 unspecified atom stereocenters. The van der Waals surface area contributed by atoms with Crippen LogP contribution in [0.3, 0.4) is 0 Å². The van der Waals surface area contributed by atoms with Crippen molar-refractivity contribution in [1.82, 2.24) is 10.6 Å². The van der Waals surface area contributed by atoms with Gasteiger partial charge in [-0.15, -0.1) is 0 Å². The predicted octanol–water partition coefficient (Wildman–Crippen LogP) is 3.65. The van der Waals surface area contributed by atoms with E-state index >= 15 is 0 Å². The molecule has 2 aromatic carbocycles. The van der Waals surface area contributed by atoms with Crippen LogP contribution in [0, 0.1) is 0 Å². The van der Waals surface area contributed by atoms with Gasteiger partial charge in [0, 0.05) is 13.1 Å². The number of anilines is 1. The highest BCUT2D eigenvalue weighted by Gasteiger charge is 2.23. The zero-order valence-corrected chi connectivity index (χ0v) is 20.5. The van der Waals surface area contributed by atoms with E-state index in [1.165, 1.54) is 17.7 Å². The molecule has 0 fully saturated rings. The SMILES string of the molecule is CC(C)(C)OC(=O)NC[C@H](C(=O)NCCCCc1ccccc1)c1ccc(NS(=O)(=O)O)cc1. The lowest BCUT2D eigenvalue weighted by Gasteiger charge is -2.22. The largest absolute Gasteiger partial charge is 0.444 e. The van der Waals surface area contributed by atoms with Crippen LogP contribution in [0.25, 0.3) is 0 Å². The zero-order valence-electron chi connectivity index (χ0n) is 19.7. The second-order valence-electron chi connectivity index (χ2n) is 8.87. The number of rotatable bonds is 11. The maximum Gasteiger partial charge on any atom is 0.407 e. The van der Waals surface area contributed by atoms with Gasteiger partial charge in [0.25, 0.3) is 0 Å². The number of aryl methyl sites for hydroxylation is 1. The van der Waals surface area contributed by atoms with Crippen LogP contribution < -0.4 is 15.4 Å². The molecule has 0 heterocycles. The minimum Gasteiger partial charge on any atom is -0.444 e. The Morgan fingerprint density at radius 1 is 0.971 bits per heavy atom. The molecule has 0 aliphatic rings. The van der Waals surface area contributed by atoms with E-state index in [9.17, 15) is 18.0 Å². The van der Waals surface area contributed by atoms with Gasteiger partial charge in [0.1, 0.15) is 5.60 Å². The molecular formula is C24H33N3O6S. The Morgan fingerprint density at radius 2 is 1.62 bits per heavy atom. The third-order valence-corrected chi connectivity index (χ3v) is 5.25. The molecule has 0 bridgehead atoms. The van der Waals surface area contributed by atoms with Crippen molar-refractivity contribution in [3.05, 3.63) is 65.7 Å². The molecule has 9 nitrogen and oxygen atoms in total. The minimum absolute atomic E-state index is 0.00413. The number of nitrogens with one attached hydrogen (secondary N) is 3. The van der Waals surface area contributed by atoms with Gasteiger partial charge in [-0.1, -0.05) is 42.5 Å². The van der Waals surface area contributed by atoms with Crippen molar-refractivity contribution in [3.63, 3.8) is 0 Å². The molecule has 0 saturated heterocycles. The Bertz CT molecular complexity index is 1030. The van der Waals surface area contributed by atoms with E-state index in [4.69, 9.17) is 9.29 Å².